The van der Waals surface area contributed by atoms with E-state index in [2.05, 4.69) is 206 Å². The number of fused-ring (bicyclic) bond motifs is 14. The molecule has 0 aliphatic carbocycles. The van der Waals surface area contributed by atoms with Gasteiger partial charge in [0.15, 0.2) is 0 Å². The van der Waals surface area contributed by atoms with E-state index in [0.29, 0.717) is 0 Å². The molecule has 0 saturated carbocycles. The fraction of sp³-hybridized carbons (Fsp3) is 0.0847. The summed E-state index contributed by atoms with van der Waals surface area (Å²) in [6.45, 7) is 6.98. The third-order valence-corrected chi connectivity index (χ3v) is 16.0. The van der Waals surface area contributed by atoms with Gasteiger partial charge in [0.25, 0.3) is 0 Å². The van der Waals surface area contributed by atoms with E-state index in [1.807, 2.05) is 22.7 Å². The fourth-order valence-electron chi connectivity index (χ4n) is 11.0. The van der Waals surface area contributed by atoms with Crippen LogP contribution in [0.15, 0.2) is 176 Å². The Morgan fingerprint density at radius 3 is 1.21 bits per heavy atom. The van der Waals surface area contributed by atoms with Crippen molar-refractivity contribution in [3.8, 4) is 33.6 Å². The standard InChI is InChI=1S/C59H42N2S2/c1-4-36-18-6-8-20-38(36)44-34-45(39-21-9-7-19-37(39)5-2)59(61-47-27-15-11-23-41(47)55-49(61)31-33-53-57(55)43-25-13-17-29-51(43)63-53)35(3)58(44)60-46-26-14-10-22-40(46)54-48(60)30-32-52-56(54)42-24-12-16-28-50(42)62-52/h6-34H,4-5H2,1-3H3. The van der Waals surface area contributed by atoms with Gasteiger partial charge >= 0.3 is 0 Å². The van der Waals surface area contributed by atoms with Crippen LogP contribution in [0.2, 0.25) is 0 Å². The maximum absolute atomic E-state index is 2.62. The molecule has 300 valence electrons. The first kappa shape index (κ1) is 36.7. The lowest BCUT2D eigenvalue weighted by Crippen LogP contribution is -2.09. The number of hydrogen-bond donors (Lipinski definition) is 0. The highest BCUT2D eigenvalue weighted by atomic mass is 32.1. The summed E-state index contributed by atoms with van der Waals surface area (Å²) < 4.78 is 10.5. The van der Waals surface area contributed by atoms with Crippen LogP contribution in [0.1, 0.15) is 30.5 Å². The van der Waals surface area contributed by atoms with Gasteiger partial charge in [0, 0.05) is 73.0 Å². The Morgan fingerprint density at radius 2 is 0.746 bits per heavy atom. The molecule has 0 radical (unpaired) electrons. The molecule has 0 atom stereocenters. The fourth-order valence-corrected chi connectivity index (χ4v) is 13.2. The van der Waals surface area contributed by atoms with Crippen LogP contribution in [-0.4, -0.2) is 9.13 Å². The molecule has 0 N–H and O–H groups in total. The smallest absolute Gasteiger partial charge is 0.0591 e. The Hall–Kier alpha value is -6.98. The van der Waals surface area contributed by atoms with Crippen LogP contribution in [0.25, 0.3) is 118 Å². The Morgan fingerprint density at radius 1 is 0.349 bits per heavy atom. The molecule has 0 bridgehead atoms. The molecular weight excluding hydrogens is 801 g/mol. The van der Waals surface area contributed by atoms with Crippen LogP contribution in [-0.2, 0) is 12.8 Å². The summed E-state index contributed by atoms with van der Waals surface area (Å²) >= 11 is 3.79. The van der Waals surface area contributed by atoms with Gasteiger partial charge in [-0.05, 0) is 102 Å². The molecule has 0 amide bonds. The summed E-state index contributed by atoms with van der Waals surface area (Å²) in [6.07, 6.45) is 1.87. The van der Waals surface area contributed by atoms with E-state index >= 15 is 0 Å². The number of para-hydroxylation sites is 2. The first-order valence-electron chi connectivity index (χ1n) is 22.1. The van der Waals surface area contributed by atoms with Gasteiger partial charge in [-0.2, -0.15) is 0 Å². The summed E-state index contributed by atoms with van der Waals surface area (Å²) in [6, 6.07) is 66.3. The summed E-state index contributed by atoms with van der Waals surface area (Å²) in [5, 5.41) is 10.5. The third-order valence-electron chi connectivity index (χ3n) is 13.7. The lowest BCUT2D eigenvalue weighted by molar-refractivity contribution is 1.09. The summed E-state index contributed by atoms with van der Waals surface area (Å²) in [5.74, 6) is 0. The van der Waals surface area contributed by atoms with Crippen LogP contribution >= 0.6 is 22.7 Å². The monoisotopic (exact) mass is 842 g/mol. The molecule has 0 aliphatic heterocycles. The average molecular weight is 843 g/mol. The molecule has 0 saturated heterocycles. The maximum Gasteiger partial charge on any atom is 0.0591 e. The van der Waals surface area contributed by atoms with Gasteiger partial charge in [0.2, 0.25) is 0 Å². The molecule has 13 rings (SSSR count). The summed E-state index contributed by atoms with van der Waals surface area (Å²) in [7, 11) is 0. The third kappa shape index (κ3) is 5.17. The topological polar surface area (TPSA) is 9.86 Å². The Kier molecular flexibility index (Phi) is 8.16. The highest BCUT2D eigenvalue weighted by Gasteiger charge is 2.28. The number of benzene rings is 9. The molecule has 63 heavy (non-hydrogen) atoms. The number of nitrogens with zero attached hydrogens (tertiary/aromatic N) is 2. The first-order valence-corrected chi connectivity index (χ1v) is 23.8. The lowest BCUT2D eigenvalue weighted by atomic mass is 9.87. The van der Waals surface area contributed by atoms with Gasteiger partial charge in [-0.3, -0.25) is 0 Å². The largest absolute Gasteiger partial charge is 0.308 e. The number of aromatic nitrogens is 2. The summed E-state index contributed by atoms with van der Waals surface area (Å²) in [5.41, 5.74) is 16.3. The van der Waals surface area contributed by atoms with Crippen molar-refractivity contribution in [1.29, 1.82) is 0 Å². The van der Waals surface area contributed by atoms with Crippen molar-refractivity contribution in [2.45, 2.75) is 33.6 Å². The van der Waals surface area contributed by atoms with Crippen molar-refractivity contribution in [1.82, 2.24) is 9.13 Å². The summed E-state index contributed by atoms with van der Waals surface area (Å²) in [4.78, 5) is 0. The molecule has 13 aromatic rings. The van der Waals surface area contributed by atoms with Gasteiger partial charge in [0.05, 0.1) is 33.4 Å². The van der Waals surface area contributed by atoms with Crippen LogP contribution in [0.5, 0.6) is 0 Å². The van der Waals surface area contributed by atoms with E-state index in [-0.39, 0.29) is 0 Å². The van der Waals surface area contributed by atoms with Crippen molar-refractivity contribution >= 4 is 107 Å². The van der Waals surface area contributed by atoms with Crippen LogP contribution in [0.3, 0.4) is 0 Å². The molecule has 0 unspecified atom stereocenters. The van der Waals surface area contributed by atoms with Gasteiger partial charge in [0.1, 0.15) is 0 Å². The minimum Gasteiger partial charge on any atom is -0.308 e. The van der Waals surface area contributed by atoms with Crippen molar-refractivity contribution in [2.75, 3.05) is 0 Å². The molecule has 4 aromatic heterocycles. The van der Waals surface area contributed by atoms with Crippen molar-refractivity contribution in [2.24, 2.45) is 0 Å². The number of aryl methyl sites for hydroxylation is 2. The van der Waals surface area contributed by atoms with Crippen LogP contribution in [0, 0.1) is 6.92 Å². The highest BCUT2D eigenvalue weighted by molar-refractivity contribution is 7.26. The average Bonchev–Trinajstić information content (AvgIpc) is 4.09. The Bertz CT molecular complexity index is 3760. The minimum absolute atomic E-state index is 0.934. The van der Waals surface area contributed by atoms with Crippen LogP contribution in [0.4, 0.5) is 0 Å². The predicted molar refractivity (Wildman–Crippen MR) is 275 cm³/mol. The second kappa shape index (κ2) is 14.0. The normalized spacial score (nSPS) is 12.2. The first-order chi connectivity index (χ1) is 31.1. The van der Waals surface area contributed by atoms with E-state index in [1.54, 1.807) is 0 Å². The van der Waals surface area contributed by atoms with Gasteiger partial charge in [-0.25, -0.2) is 0 Å². The van der Waals surface area contributed by atoms with Crippen molar-refractivity contribution in [3.63, 3.8) is 0 Å². The lowest BCUT2D eigenvalue weighted by Gasteiger charge is -2.26. The Balaban J connectivity index is 1.27. The Labute approximate surface area is 373 Å². The highest BCUT2D eigenvalue weighted by Crippen LogP contribution is 2.50. The van der Waals surface area contributed by atoms with E-state index in [9.17, 15) is 0 Å². The molecule has 9 aromatic carbocycles. The van der Waals surface area contributed by atoms with Gasteiger partial charge in [-0.15, -0.1) is 22.7 Å². The molecule has 2 nitrogen and oxygen atoms in total. The quantitative estimate of drug-likeness (QED) is 0.158. The van der Waals surface area contributed by atoms with E-state index in [4.69, 9.17) is 0 Å². The molecule has 4 heteroatoms. The number of thiophene rings is 2. The maximum atomic E-state index is 2.62. The molecule has 0 fully saturated rings. The van der Waals surface area contributed by atoms with Crippen LogP contribution < -0.4 is 0 Å². The van der Waals surface area contributed by atoms with Crippen molar-refractivity contribution < 1.29 is 0 Å². The molecular formula is C59H42N2S2. The zero-order valence-corrected chi connectivity index (χ0v) is 37.0. The second-order valence-corrected chi connectivity index (χ2v) is 19.1. The molecule has 0 aliphatic rings. The van der Waals surface area contributed by atoms with E-state index in [0.717, 1.165) is 12.8 Å². The zero-order chi connectivity index (χ0) is 41.9. The predicted octanol–water partition coefficient (Wildman–Crippen LogP) is 17.4. The zero-order valence-electron chi connectivity index (χ0n) is 35.4. The number of hydrogen-bond acceptors (Lipinski definition) is 2. The van der Waals surface area contributed by atoms with Gasteiger partial charge < -0.3 is 9.13 Å². The minimum atomic E-state index is 0.934. The van der Waals surface area contributed by atoms with Crippen molar-refractivity contribution in [3.05, 3.63) is 193 Å². The second-order valence-electron chi connectivity index (χ2n) is 16.9. The molecule has 4 heterocycles. The van der Waals surface area contributed by atoms with E-state index in [1.165, 1.54) is 134 Å². The number of rotatable bonds is 6. The van der Waals surface area contributed by atoms with Gasteiger partial charge in [-0.1, -0.05) is 135 Å². The molecule has 0 spiro atoms. The van der Waals surface area contributed by atoms with E-state index < -0.39 is 0 Å². The SMILES string of the molecule is CCc1ccccc1-c1cc(-c2ccccc2CC)c(-n2c3ccccc3c3c4c(ccc32)sc2ccccc24)c(C)c1-n1c2ccccc2c2c3c(ccc21)sc1ccccc13.